The zero-order valence-corrected chi connectivity index (χ0v) is 14.6. The Balaban J connectivity index is 2.05. The molecule has 0 saturated heterocycles. The molecule has 0 heterocycles. The average Bonchev–Trinajstić information content (AvgIpc) is 2.49. The molecule has 1 unspecified atom stereocenters. The molecular formula is C18H21Cl2NO. The number of rotatable bonds is 6. The lowest BCUT2D eigenvalue weighted by molar-refractivity contribution is 0.242. The van der Waals surface area contributed by atoms with Crippen molar-refractivity contribution in [3.63, 3.8) is 0 Å². The Morgan fingerprint density at radius 3 is 2.14 bits per heavy atom. The van der Waals surface area contributed by atoms with Gasteiger partial charge in [-0.15, -0.1) is 0 Å². The third kappa shape index (κ3) is 4.64. The second-order valence-corrected chi connectivity index (χ2v) is 6.38. The van der Waals surface area contributed by atoms with Crippen molar-refractivity contribution in [2.75, 3.05) is 0 Å². The molecule has 0 aromatic heterocycles. The summed E-state index contributed by atoms with van der Waals surface area (Å²) >= 11 is 12.5. The maximum atomic E-state index is 6.27. The molecule has 2 aromatic carbocycles. The number of hydrogen-bond acceptors (Lipinski definition) is 2. The fourth-order valence-corrected chi connectivity index (χ4v) is 2.81. The maximum absolute atomic E-state index is 6.27. The van der Waals surface area contributed by atoms with Gasteiger partial charge in [-0.05, 0) is 44.0 Å². The van der Waals surface area contributed by atoms with Crippen LogP contribution in [-0.2, 0) is 6.54 Å². The number of nitrogens with one attached hydrogen (secondary N) is 1. The van der Waals surface area contributed by atoms with Crippen LogP contribution < -0.4 is 10.1 Å². The largest absolute Gasteiger partial charge is 0.488 e. The van der Waals surface area contributed by atoms with Crippen molar-refractivity contribution in [3.05, 3.63) is 63.6 Å². The van der Waals surface area contributed by atoms with Crippen molar-refractivity contribution in [3.8, 4) is 5.75 Å². The summed E-state index contributed by atoms with van der Waals surface area (Å²) in [6.45, 7) is 6.72. The monoisotopic (exact) mass is 337 g/mol. The minimum absolute atomic E-state index is 0.0390. The zero-order valence-electron chi connectivity index (χ0n) is 13.1. The molecule has 22 heavy (non-hydrogen) atoms. The summed E-state index contributed by atoms with van der Waals surface area (Å²) in [6.07, 6.45) is 0.0390. The zero-order chi connectivity index (χ0) is 16.1. The highest BCUT2D eigenvalue weighted by atomic mass is 35.5. The van der Waals surface area contributed by atoms with Gasteiger partial charge in [-0.3, -0.25) is 0 Å². The Bertz CT molecular complexity index is 591. The molecule has 0 aliphatic heterocycles. The summed E-state index contributed by atoms with van der Waals surface area (Å²) in [5.41, 5.74) is 2.29. The Morgan fingerprint density at radius 1 is 1.00 bits per heavy atom. The summed E-state index contributed by atoms with van der Waals surface area (Å²) in [5, 5.41) is 4.57. The molecule has 0 spiro atoms. The van der Waals surface area contributed by atoms with Gasteiger partial charge < -0.3 is 10.1 Å². The molecule has 0 aliphatic rings. The molecule has 4 heteroatoms. The molecule has 2 rings (SSSR count). The van der Waals surface area contributed by atoms with Crippen molar-refractivity contribution in [1.82, 2.24) is 5.32 Å². The van der Waals surface area contributed by atoms with Gasteiger partial charge in [0.25, 0.3) is 0 Å². The molecule has 0 aliphatic carbocycles. The first-order valence-corrected chi connectivity index (χ1v) is 8.16. The van der Waals surface area contributed by atoms with Crippen molar-refractivity contribution >= 4 is 23.2 Å². The van der Waals surface area contributed by atoms with E-state index in [0.717, 1.165) is 5.56 Å². The van der Waals surface area contributed by atoms with Gasteiger partial charge in [0.1, 0.15) is 0 Å². The predicted octanol–water partition coefficient (Wildman–Crippen LogP) is 5.63. The summed E-state index contributed by atoms with van der Waals surface area (Å²) in [6, 6.07) is 14.4. The maximum Gasteiger partial charge on any atom is 0.156 e. The van der Waals surface area contributed by atoms with E-state index >= 15 is 0 Å². The van der Waals surface area contributed by atoms with E-state index in [2.05, 4.69) is 24.4 Å². The van der Waals surface area contributed by atoms with Crippen molar-refractivity contribution in [1.29, 1.82) is 0 Å². The Labute approximate surface area is 142 Å². The molecule has 0 amide bonds. The van der Waals surface area contributed by atoms with Gasteiger partial charge in [0.15, 0.2) is 5.75 Å². The molecular weight excluding hydrogens is 317 g/mol. The van der Waals surface area contributed by atoms with Crippen molar-refractivity contribution in [2.45, 2.75) is 39.5 Å². The van der Waals surface area contributed by atoms with E-state index in [1.807, 2.05) is 44.2 Å². The van der Waals surface area contributed by atoms with Gasteiger partial charge in [0.05, 0.1) is 16.1 Å². The minimum atomic E-state index is 0.0390. The average molecular weight is 338 g/mol. The van der Waals surface area contributed by atoms with E-state index in [9.17, 15) is 0 Å². The molecule has 118 valence electrons. The molecule has 2 aromatic rings. The Morgan fingerprint density at radius 2 is 1.59 bits per heavy atom. The highest BCUT2D eigenvalue weighted by Crippen LogP contribution is 2.35. The third-order valence-corrected chi connectivity index (χ3v) is 3.89. The predicted molar refractivity (Wildman–Crippen MR) is 93.9 cm³/mol. The van der Waals surface area contributed by atoms with Crippen LogP contribution in [0, 0.1) is 0 Å². The number of benzene rings is 2. The topological polar surface area (TPSA) is 21.3 Å². The lowest BCUT2D eigenvalue weighted by Gasteiger charge is -2.17. The van der Waals surface area contributed by atoms with Crippen molar-refractivity contribution < 1.29 is 4.74 Å². The second-order valence-electron chi connectivity index (χ2n) is 5.57. The lowest BCUT2D eigenvalue weighted by Crippen LogP contribution is -2.18. The second kappa shape index (κ2) is 7.87. The summed E-state index contributed by atoms with van der Waals surface area (Å²) in [4.78, 5) is 0. The number of hydrogen-bond donors (Lipinski definition) is 1. The molecule has 0 bridgehead atoms. The van der Waals surface area contributed by atoms with E-state index in [-0.39, 0.29) is 12.1 Å². The summed E-state index contributed by atoms with van der Waals surface area (Å²) in [5.74, 6) is 0.554. The fourth-order valence-electron chi connectivity index (χ4n) is 2.19. The van der Waals surface area contributed by atoms with Gasteiger partial charge in [-0.2, -0.15) is 0 Å². The normalized spacial score (nSPS) is 12.5. The molecule has 0 fully saturated rings. The standard InChI is InChI=1S/C18H21Cl2NO/c1-12(2)22-18-16(19)9-14(10-17(18)20)11-21-13(3)15-7-5-4-6-8-15/h4-10,12-13,21H,11H2,1-3H3. The van der Waals surface area contributed by atoms with Crippen LogP contribution >= 0.6 is 23.2 Å². The van der Waals surface area contributed by atoms with E-state index < -0.39 is 0 Å². The molecule has 1 atom stereocenters. The van der Waals surface area contributed by atoms with Gasteiger partial charge in [-0.1, -0.05) is 53.5 Å². The fraction of sp³-hybridized carbons (Fsp3) is 0.333. The molecule has 1 N–H and O–H groups in total. The first-order chi connectivity index (χ1) is 10.5. The summed E-state index contributed by atoms with van der Waals surface area (Å²) < 4.78 is 5.64. The quantitative estimate of drug-likeness (QED) is 0.737. The minimum Gasteiger partial charge on any atom is -0.488 e. The van der Waals surface area contributed by atoms with Gasteiger partial charge in [0, 0.05) is 12.6 Å². The summed E-state index contributed by atoms with van der Waals surface area (Å²) in [7, 11) is 0. The Kier molecular flexibility index (Phi) is 6.13. The van der Waals surface area contributed by atoms with Crippen LogP contribution in [0.2, 0.25) is 10.0 Å². The SMILES string of the molecule is CC(C)Oc1c(Cl)cc(CNC(C)c2ccccc2)cc1Cl. The van der Waals surface area contributed by atoms with Crippen LogP contribution in [0.5, 0.6) is 5.75 Å². The van der Waals surface area contributed by atoms with E-state index in [0.29, 0.717) is 22.3 Å². The van der Waals surface area contributed by atoms with Crippen LogP contribution in [0.3, 0.4) is 0 Å². The molecule has 0 radical (unpaired) electrons. The van der Waals surface area contributed by atoms with Crippen molar-refractivity contribution in [2.24, 2.45) is 0 Å². The van der Waals surface area contributed by atoms with Gasteiger partial charge in [-0.25, -0.2) is 0 Å². The van der Waals surface area contributed by atoms with Gasteiger partial charge >= 0.3 is 0 Å². The smallest absolute Gasteiger partial charge is 0.156 e. The Hall–Kier alpha value is -1.22. The van der Waals surface area contributed by atoms with Crippen LogP contribution in [0.4, 0.5) is 0 Å². The third-order valence-electron chi connectivity index (χ3n) is 3.32. The highest BCUT2D eigenvalue weighted by Gasteiger charge is 2.12. The first kappa shape index (κ1) is 17.1. The lowest BCUT2D eigenvalue weighted by atomic mass is 10.1. The van der Waals surface area contributed by atoms with E-state index in [1.54, 1.807) is 0 Å². The number of ether oxygens (including phenoxy) is 1. The van der Waals surface area contributed by atoms with Crippen LogP contribution in [-0.4, -0.2) is 6.10 Å². The first-order valence-electron chi connectivity index (χ1n) is 7.40. The van der Waals surface area contributed by atoms with Crippen LogP contribution in [0.1, 0.15) is 37.9 Å². The number of halogens is 2. The molecule has 0 saturated carbocycles. The van der Waals surface area contributed by atoms with Crippen LogP contribution in [0.15, 0.2) is 42.5 Å². The van der Waals surface area contributed by atoms with E-state index in [4.69, 9.17) is 27.9 Å². The van der Waals surface area contributed by atoms with E-state index in [1.165, 1.54) is 5.56 Å². The van der Waals surface area contributed by atoms with Gasteiger partial charge in [0.2, 0.25) is 0 Å². The highest BCUT2D eigenvalue weighted by molar-refractivity contribution is 6.37. The van der Waals surface area contributed by atoms with Crippen LogP contribution in [0.25, 0.3) is 0 Å². The molecule has 2 nitrogen and oxygen atoms in total.